The van der Waals surface area contributed by atoms with Crippen molar-refractivity contribution in [3.63, 3.8) is 0 Å². The van der Waals surface area contributed by atoms with Crippen molar-refractivity contribution >= 4 is 17.9 Å². The number of ether oxygens (including phenoxy) is 1. The molecule has 1 atom stereocenters. The Balaban J connectivity index is 1.21. The molecular weight excluding hydrogens is 416 g/mol. The van der Waals surface area contributed by atoms with E-state index < -0.39 is 6.10 Å². The van der Waals surface area contributed by atoms with Crippen LogP contribution >= 0.6 is 0 Å². The van der Waals surface area contributed by atoms with Crippen LogP contribution in [0, 0.1) is 11.8 Å². The summed E-state index contributed by atoms with van der Waals surface area (Å²) >= 11 is 0. The molecule has 2 aromatic rings. The molecule has 2 aliphatic rings. The molecule has 0 spiro atoms. The number of aliphatic hydroxyl groups excluding tert-OH is 1. The average molecular weight is 451 g/mol. The first kappa shape index (κ1) is 23.3. The molecule has 2 aliphatic heterocycles. The molecule has 0 aliphatic carbocycles. The van der Waals surface area contributed by atoms with Crippen LogP contribution in [0.15, 0.2) is 48.5 Å². The molecule has 0 aromatic heterocycles. The SMILES string of the molecule is COc1cccc(C(O)C(=O)N2CCC(CC3CCN(c4ccc(C=O)cc4)CC3)CC2)c1. The molecule has 2 heterocycles. The third kappa shape index (κ3) is 5.74. The molecule has 2 saturated heterocycles. The Morgan fingerprint density at radius 2 is 1.67 bits per heavy atom. The smallest absolute Gasteiger partial charge is 0.256 e. The second kappa shape index (κ2) is 10.8. The van der Waals surface area contributed by atoms with Crippen molar-refractivity contribution in [2.75, 3.05) is 38.2 Å². The first-order valence-electron chi connectivity index (χ1n) is 12.0. The lowest BCUT2D eigenvalue weighted by Gasteiger charge is -2.38. The standard InChI is InChI=1S/C27H34N2O4/c1-33-25-4-2-3-23(18-25)26(31)27(32)29-15-11-21(12-16-29)17-20-9-13-28(14-10-20)24-7-5-22(19-30)6-8-24/h2-8,18-21,26,31H,9-17H2,1H3. The maximum atomic E-state index is 12.8. The first-order valence-corrected chi connectivity index (χ1v) is 12.0. The minimum Gasteiger partial charge on any atom is -0.497 e. The van der Waals surface area contributed by atoms with Gasteiger partial charge in [0.1, 0.15) is 12.0 Å². The Labute approximate surface area is 196 Å². The average Bonchev–Trinajstić information content (AvgIpc) is 2.89. The fraction of sp³-hybridized carbons (Fsp3) is 0.481. The topological polar surface area (TPSA) is 70.1 Å². The number of hydrogen-bond donors (Lipinski definition) is 1. The van der Waals surface area contributed by atoms with E-state index in [1.54, 1.807) is 31.4 Å². The number of nitrogens with zero attached hydrogens (tertiary/aromatic N) is 2. The zero-order valence-electron chi connectivity index (χ0n) is 19.4. The molecule has 6 nitrogen and oxygen atoms in total. The second-order valence-electron chi connectivity index (χ2n) is 9.32. The molecule has 176 valence electrons. The molecule has 1 unspecified atom stereocenters. The summed E-state index contributed by atoms with van der Waals surface area (Å²) in [5, 5.41) is 10.6. The van der Waals surface area contributed by atoms with Gasteiger partial charge in [0.25, 0.3) is 5.91 Å². The highest BCUT2D eigenvalue weighted by molar-refractivity contribution is 5.82. The maximum Gasteiger partial charge on any atom is 0.256 e. The van der Waals surface area contributed by atoms with Crippen molar-refractivity contribution < 1.29 is 19.4 Å². The normalized spacial score (nSPS) is 18.7. The number of anilines is 1. The number of amides is 1. The monoisotopic (exact) mass is 450 g/mol. The summed E-state index contributed by atoms with van der Waals surface area (Å²) in [4.78, 5) is 27.9. The van der Waals surface area contributed by atoms with Gasteiger partial charge in [-0.2, -0.15) is 0 Å². The van der Waals surface area contributed by atoms with Crippen LogP contribution in [0.5, 0.6) is 5.75 Å². The quantitative estimate of drug-likeness (QED) is 0.644. The Bertz CT molecular complexity index is 929. The van der Waals surface area contributed by atoms with Gasteiger partial charge in [-0.25, -0.2) is 0 Å². The molecule has 1 N–H and O–H groups in total. The largest absolute Gasteiger partial charge is 0.497 e. The lowest BCUT2D eigenvalue weighted by Crippen LogP contribution is -2.42. The number of hydrogen-bond acceptors (Lipinski definition) is 5. The number of benzene rings is 2. The van der Waals surface area contributed by atoms with Crippen LogP contribution in [-0.4, -0.2) is 55.5 Å². The van der Waals surface area contributed by atoms with Gasteiger partial charge >= 0.3 is 0 Å². The van der Waals surface area contributed by atoms with Gasteiger partial charge in [0.15, 0.2) is 6.10 Å². The van der Waals surface area contributed by atoms with Gasteiger partial charge in [-0.15, -0.1) is 0 Å². The number of aldehydes is 1. The van der Waals surface area contributed by atoms with Crippen LogP contribution in [0.2, 0.25) is 0 Å². The predicted octanol–water partition coefficient (Wildman–Crippen LogP) is 4.09. The van der Waals surface area contributed by atoms with Crippen molar-refractivity contribution in [1.82, 2.24) is 4.90 Å². The minimum atomic E-state index is -1.14. The summed E-state index contributed by atoms with van der Waals surface area (Å²) in [6.45, 7) is 3.53. The van der Waals surface area contributed by atoms with Crippen LogP contribution in [0.4, 0.5) is 5.69 Å². The molecule has 0 bridgehead atoms. The van der Waals surface area contributed by atoms with E-state index in [0.29, 0.717) is 30.3 Å². The van der Waals surface area contributed by atoms with Crippen molar-refractivity contribution in [3.05, 3.63) is 59.7 Å². The Morgan fingerprint density at radius 3 is 2.27 bits per heavy atom. The van der Waals surface area contributed by atoms with Gasteiger partial charge in [0.05, 0.1) is 7.11 Å². The lowest BCUT2D eigenvalue weighted by atomic mass is 9.82. The van der Waals surface area contributed by atoms with Crippen molar-refractivity contribution in [2.24, 2.45) is 11.8 Å². The third-order valence-electron chi connectivity index (χ3n) is 7.25. The highest BCUT2D eigenvalue weighted by atomic mass is 16.5. The molecule has 2 aromatic carbocycles. The minimum absolute atomic E-state index is 0.212. The number of carbonyl (C=O) groups is 2. The van der Waals surface area contributed by atoms with E-state index in [0.717, 1.165) is 43.7 Å². The van der Waals surface area contributed by atoms with Gasteiger partial charge in [-0.3, -0.25) is 9.59 Å². The fourth-order valence-electron chi connectivity index (χ4n) is 5.18. The molecular formula is C27H34N2O4. The van der Waals surface area contributed by atoms with Crippen LogP contribution in [0.1, 0.15) is 54.1 Å². The van der Waals surface area contributed by atoms with Crippen LogP contribution in [-0.2, 0) is 4.79 Å². The van der Waals surface area contributed by atoms with Crippen LogP contribution in [0.25, 0.3) is 0 Å². The van der Waals surface area contributed by atoms with Gasteiger partial charge in [-0.1, -0.05) is 12.1 Å². The second-order valence-corrected chi connectivity index (χ2v) is 9.32. The number of piperidine rings is 2. The zero-order chi connectivity index (χ0) is 23.2. The highest BCUT2D eigenvalue weighted by Gasteiger charge is 2.30. The van der Waals surface area contributed by atoms with Crippen LogP contribution in [0.3, 0.4) is 0 Å². The lowest BCUT2D eigenvalue weighted by molar-refractivity contribution is -0.142. The fourth-order valence-corrected chi connectivity index (χ4v) is 5.18. The summed E-state index contributed by atoms with van der Waals surface area (Å²) in [5.41, 5.74) is 2.49. The van der Waals surface area contributed by atoms with Gasteiger partial charge in [0.2, 0.25) is 0 Å². The number of methoxy groups -OCH3 is 1. The van der Waals surface area contributed by atoms with Crippen LogP contribution < -0.4 is 9.64 Å². The maximum absolute atomic E-state index is 12.8. The summed E-state index contributed by atoms with van der Waals surface area (Å²) in [7, 11) is 1.58. The number of likely N-dealkylation sites (tertiary alicyclic amines) is 1. The molecule has 2 fully saturated rings. The van der Waals surface area contributed by atoms with E-state index in [2.05, 4.69) is 4.90 Å². The molecule has 6 heteroatoms. The highest BCUT2D eigenvalue weighted by Crippen LogP contribution is 2.32. The number of aliphatic hydroxyl groups is 1. The molecule has 1 amide bonds. The van der Waals surface area contributed by atoms with Crippen molar-refractivity contribution in [3.8, 4) is 5.75 Å². The zero-order valence-corrected chi connectivity index (χ0v) is 19.4. The Hall–Kier alpha value is -2.86. The van der Waals surface area contributed by atoms with E-state index >= 15 is 0 Å². The number of carbonyl (C=O) groups excluding carboxylic acids is 2. The van der Waals surface area contributed by atoms with Crippen molar-refractivity contribution in [1.29, 1.82) is 0 Å². The van der Waals surface area contributed by atoms with E-state index in [4.69, 9.17) is 4.74 Å². The Morgan fingerprint density at radius 1 is 1.03 bits per heavy atom. The summed E-state index contributed by atoms with van der Waals surface area (Å²) in [5.74, 6) is 1.80. The van der Waals surface area contributed by atoms with Gasteiger partial charge in [0, 0.05) is 37.4 Å². The summed E-state index contributed by atoms with van der Waals surface area (Å²) in [6, 6.07) is 14.9. The van der Waals surface area contributed by atoms with E-state index in [9.17, 15) is 14.7 Å². The first-order chi connectivity index (χ1) is 16.1. The molecule has 33 heavy (non-hydrogen) atoms. The number of rotatable bonds is 7. The third-order valence-corrected chi connectivity index (χ3v) is 7.25. The molecule has 0 saturated carbocycles. The van der Waals surface area contributed by atoms with Crippen molar-refractivity contribution in [2.45, 2.75) is 38.2 Å². The summed E-state index contributed by atoms with van der Waals surface area (Å²) in [6.07, 6.45) is 5.34. The van der Waals surface area contributed by atoms with Gasteiger partial charge < -0.3 is 19.6 Å². The van der Waals surface area contributed by atoms with Gasteiger partial charge in [-0.05, 0) is 85.9 Å². The van der Waals surface area contributed by atoms with E-state index in [1.807, 2.05) is 29.2 Å². The van der Waals surface area contributed by atoms with E-state index in [1.165, 1.54) is 24.9 Å². The summed E-state index contributed by atoms with van der Waals surface area (Å²) < 4.78 is 5.21. The molecule has 0 radical (unpaired) electrons. The predicted molar refractivity (Wildman–Crippen MR) is 129 cm³/mol. The van der Waals surface area contributed by atoms with E-state index in [-0.39, 0.29) is 5.91 Å². The molecule has 4 rings (SSSR count). The Kier molecular flexibility index (Phi) is 7.65.